The minimum atomic E-state index is -0.245. The van der Waals surface area contributed by atoms with Crippen molar-refractivity contribution in [3.63, 3.8) is 0 Å². The van der Waals surface area contributed by atoms with Gasteiger partial charge in [-0.2, -0.15) is 9.90 Å². The maximum atomic E-state index is 12.0. The summed E-state index contributed by atoms with van der Waals surface area (Å²) in [6, 6.07) is 9.44. The van der Waals surface area contributed by atoms with E-state index in [1.54, 1.807) is 6.33 Å². The van der Waals surface area contributed by atoms with Crippen molar-refractivity contribution < 1.29 is 4.79 Å². The molecule has 1 aromatic carbocycles. The molecule has 0 unspecified atom stereocenters. The molecule has 0 aliphatic heterocycles. The van der Waals surface area contributed by atoms with Gasteiger partial charge in [-0.1, -0.05) is 30.0 Å². The number of aromatic nitrogens is 6. The molecule has 1 N–H and O–H groups in total. The minimum Gasteiger partial charge on any atom is -0.350 e. The Bertz CT molecular complexity index is 783. The first-order chi connectivity index (χ1) is 11.2. The molecule has 0 fully saturated rings. The molecule has 0 atom stereocenters. The highest BCUT2D eigenvalue weighted by Gasteiger charge is 2.11. The van der Waals surface area contributed by atoms with Gasteiger partial charge in [0.05, 0.1) is 11.9 Å². The van der Waals surface area contributed by atoms with Crippen molar-refractivity contribution in [2.45, 2.75) is 5.16 Å². The molecule has 0 bridgehead atoms. The van der Waals surface area contributed by atoms with E-state index in [1.165, 1.54) is 22.8 Å². The average molecular weight is 329 g/mol. The lowest BCUT2D eigenvalue weighted by atomic mass is 10.3. The lowest BCUT2D eigenvalue weighted by Crippen LogP contribution is -2.26. The number of rotatable bonds is 6. The Hall–Kier alpha value is -2.68. The van der Waals surface area contributed by atoms with Crippen molar-refractivity contribution >= 4 is 17.7 Å². The van der Waals surface area contributed by atoms with Crippen LogP contribution in [0.15, 0.2) is 48.0 Å². The second kappa shape index (κ2) is 7.05. The third-order valence-electron chi connectivity index (χ3n) is 3.00. The number of carbonyl (C=O) groups is 1. The van der Waals surface area contributed by atoms with Gasteiger partial charge in [0, 0.05) is 19.3 Å². The molecule has 0 saturated carbocycles. The van der Waals surface area contributed by atoms with Crippen molar-refractivity contribution in [3.8, 4) is 5.69 Å². The van der Waals surface area contributed by atoms with E-state index in [9.17, 15) is 4.79 Å². The van der Waals surface area contributed by atoms with E-state index in [-0.39, 0.29) is 11.6 Å². The molecule has 0 radical (unpaired) electrons. The summed E-state index contributed by atoms with van der Waals surface area (Å²) in [6.07, 6.45) is 3.10. The third-order valence-corrected chi connectivity index (χ3v) is 4.04. The van der Waals surface area contributed by atoms with E-state index in [4.69, 9.17) is 0 Å². The molecular weight excluding hydrogens is 314 g/mol. The Morgan fingerprint density at radius 3 is 2.87 bits per heavy atom. The first kappa shape index (κ1) is 15.2. The third kappa shape index (κ3) is 3.75. The quantitative estimate of drug-likeness (QED) is 0.534. The summed E-state index contributed by atoms with van der Waals surface area (Å²) in [4.78, 5) is 13.5. The first-order valence-corrected chi connectivity index (χ1v) is 7.95. The fourth-order valence-corrected chi connectivity index (χ4v) is 2.60. The normalized spacial score (nSPS) is 10.7. The molecule has 2 heterocycles. The number of carbonyl (C=O) groups excluding carboxylic acids is 1. The van der Waals surface area contributed by atoms with E-state index in [0.29, 0.717) is 12.3 Å². The summed E-state index contributed by atoms with van der Waals surface area (Å²) in [5.41, 5.74) is 1.10. The van der Waals surface area contributed by atoms with E-state index < -0.39 is 0 Å². The summed E-state index contributed by atoms with van der Waals surface area (Å²) >= 11 is 1.53. The van der Waals surface area contributed by atoms with Gasteiger partial charge in [0.1, 0.15) is 6.33 Å². The van der Waals surface area contributed by atoms with Crippen LogP contribution in [-0.4, -0.2) is 48.0 Å². The van der Waals surface area contributed by atoms with Crippen molar-refractivity contribution in [2.75, 3.05) is 12.3 Å². The number of para-hydroxylation sites is 1. The van der Waals surface area contributed by atoms with Crippen LogP contribution in [-0.2, 0) is 7.05 Å². The molecule has 0 saturated heterocycles. The fraction of sp³-hybridized carbons (Fsp3) is 0.214. The van der Waals surface area contributed by atoms with Gasteiger partial charge in [-0.05, 0) is 12.1 Å². The molecule has 2 aromatic heterocycles. The summed E-state index contributed by atoms with van der Waals surface area (Å²) in [5.74, 6) is 0.455. The van der Waals surface area contributed by atoms with E-state index in [1.807, 2.05) is 41.9 Å². The lowest BCUT2D eigenvalue weighted by Gasteiger charge is -2.02. The van der Waals surface area contributed by atoms with Crippen molar-refractivity contribution in [3.05, 3.63) is 48.5 Å². The Kier molecular flexibility index (Phi) is 4.67. The van der Waals surface area contributed by atoms with Gasteiger partial charge in [0.15, 0.2) is 10.9 Å². The predicted molar refractivity (Wildman–Crippen MR) is 85.4 cm³/mol. The van der Waals surface area contributed by atoms with Crippen molar-refractivity contribution in [1.29, 1.82) is 0 Å². The summed E-state index contributed by atoms with van der Waals surface area (Å²) < 4.78 is 1.83. The predicted octanol–water partition coefficient (Wildman–Crippen LogP) is 0.918. The van der Waals surface area contributed by atoms with Crippen molar-refractivity contribution in [1.82, 2.24) is 35.1 Å². The van der Waals surface area contributed by atoms with Crippen LogP contribution < -0.4 is 5.32 Å². The van der Waals surface area contributed by atoms with Gasteiger partial charge in [0.2, 0.25) is 0 Å². The second-order valence-corrected chi connectivity index (χ2v) is 5.75. The summed E-state index contributed by atoms with van der Waals surface area (Å²) in [5, 5.41) is 19.7. The largest absolute Gasteiger partial charge is 0.350 e. The smallest absolute Gasteiger partial charge is 0.273 e. The maximum absolute atomic E-state index is 12.0. The zero-order valence-corrected chi connectivity index (χ0v) is 13.3. The zero-order chi connectivity index (χ0) is 16.1. The Morgan fingerprint density at radius 2 is 2.13 bits per heavy atom. The highest BCUT2D eigenvalue weighted by molar-refractivity contribution is 7.99. The van der Waals surface area contributed by atoms with Gasteiger partial charge < -0.3 is 9.88 Å². The van der Waals surface area contributed by atoms with E-state index in [0.717, 1.165) is 10.8 Å². The number of benzene rings is 1. The fourth-order valence-electron chi connectivity index (χ4n) is 1.85. The average Bonchev–Trinajstić information content (AvgIpc) is 3.22. The number of nitrogens with zero attached hydrogens (tertiary/aromatic N) is 6. The van der Waals surface area contributed by atoms with Crippen molar-refractivity contribution in [2.24, 2.45) is 7.05 Å². The lowest BCUT2D eigenvalue weighted by molar-refractivity contribution is 0.0951. The second-order valence-electron chi connectivity index (χ2n) is 4.68. The zero-order valence-electron chi connectivity index (χ0n) is 12.5. The first-order valence-electron chi connectivity index (χ1n) is 6.97. The SMILES string of the molecule is Cn1cnnc1SCCNC(=O)c1cnn(-c2ccccc2)n1. The monoisotopic (exact) mass is 329 g/mol. The molecule has 0 aliphatic carbocycles. The van der Waals surface area contributed by atoms with Gasteiger partial charge in [-0.25, -0.2) is 0 Å². The molecule has 23 heavy (non-hydrogen) atoms. The number of hydrogen-bond donors (Lipinski definition) is 1. The molecule has 118 valence electrons. The Morgan fingerprint density at radius 1 is 1.30 bits per heavy atom. The van der Waals surface area contributed by atoms with Crippen LogP contribution in [0.4, 0.5) is 0 Å². The van der Waals surface area contributed by atoms with Gasteiger partial charge in [-0.15, -0.1) is 15.3 Å². The highest BCUT2D eigenvalue weighted by atomic mass is 32.2. The molecule has 0 aliphatic rings. The van der Waals surface area contributed by atoms with Gasteiger partial charge in [-0.3, -0.25) is 4.79 Å². The molecular formula is C14H15N7OS. The maximum Gasteiger partial charge on any atom is 0.273 e. The van der Waals surface area contributed by atoms with Crippen LogP contribution in [0.1, 0.15) is 10.5 Å². The molecule has 3 aromatic rings. The summed E-state index contributed by atoms with van der Waals surface area (Å²) in [6.45, 7) is 0.508. The molecule has 8 nitrogen and oxygen atoms in total. The molecule has 1 amide bonds. The number of thioether (sulfide) groups is 1. The molecule has 0 spiro atoms. The topological polar surface area (TPSA) is 90.5 Å². The van der Waals surface area contributed by atoms with Crippen LogP contribution in [0, 0.1) is 0 Å². The van der Waals surface area contributed by atoms with Crippen LogP contribution in [0.25, 0.3) is 5.69 Å². The molecule has 3 rings (SSSR count). The van der Waals surface area contributed by atoms with E-state index >= 15 is 0 Å². The van der Waals surface area contributed by atoms with E-state index in [2.05, 4.69) is 25.7 Å². The molecule has 9 heteroatoms. The van der Waals surface area contributed by atoms with Crippen LogP contribution in [0.5, 0.6) is 0 Å². The van der Waals surface area contributed by atoms with Crippen LogP contribution >= 0.6 is 11.8 Å². The van der Waals surface area contributed by atoms with Gasteiger partial charge in [0.25, 0.3) is 5.91 Å². The number of hydrogen-bond acceptors (Lipinski definition) is 6. The van der Waals surface area contributed by atoms with Gasteiger partial charge >= 0.3 is 0 Å². The number of amides is 1. The number of nitrogens with one attached hydrogen (secondary N) is 1. The Labute approximate surface area is 136 Å². The number of aryl methyl sites for hydroxylation is 1. The minimum absolute atomic E-state index is 0.245. The Balaban J connectivity index is 1.51. The standard InChI is InChI=1S/C14H15N7OS/c1-20-10-16-18-14(20)23-8-7-15-13(22)12-9-17-21(19-12)11-5-3-2-4-6-11/h2-6,9-10H,7-8H2,1H3,(H,15,22). The summed E-state index contributed by atoms with van der Waals surface area (Å²) in [7, 11) is 1.88. The van der Waals surface area contributed by atoms with Crippen LogP contribution in [0.2, 0.25) is 0 Å². The van der Waals surface area contributed by atoms with Crippen LogP contribution in [0.3, 0.4) is 0 Å². The highest BCUT2D eigenvalue weighted by Crippen LogP contribution is 2.11.